The van der Waals surface area contributed by atoms with Crippen molar-refractivity contribution in [2.45, 2.75) is 51.5 Å². The van der Waals surface area contributed by atoms with Gasteiger partial charge >= 0.3 is 0 Å². The molecule has 1 fully saturated rings. The second-order valence-corrected chi connectivity index (χ2v) is 8.75. The molecule has 0 atom stereocenters. The van der Waals surface area contributed by atoms with Gasteiger partial charge in [0, 0.05) is 18.7 Å². The van der Waals surface area contributed by atoms with Gasteiger partial charge in [-0.25, -0.2) is 0 Å². The van der Waals surface area contributed by atoms with Gasteiger partial charge in [-0.05, 0) is 59.9 Å². The van der Waals surface area contributed by atoms with Crippen LogP contribution in [0.2, 0.25) is 0 Å². The van der Waals surface area contributed by atoms with E-state index in [1.54, 1.807) is 0 Å². The maximum Gasteiger partial charge on any atom is 0.119 e. The van der Waals surface area contributed by atoms with Crippen LogP contribution in [0.25, 0.3) is 0 Å². The number of hydrogen-bond donors (Lipinski definition) is 1. The minimum atomic E-state index is 0.684. The van der Waals surface area contributed by atoms with Crippen LogP contribution in [0.4, 0.5) is 5.69 Å². The number of hydrogen-bond acceptors (Lipinski definition) is 3. The van der Waals surface area contributed by atoms with Crippen LogP contribution < -0.4 is 14.8 Å². The molecule has 0 aliphatic heterocycles. The van der Waals surface area contributed by atoms with Crippen molar-refractivity contribution in [1.29, 1.82) is 0 Å². The van der Waals surface area contributed by atoms with Gasteiger partial charge in [-0.3, -0.25) is 0 Å². The van der Waals surface area contributed by atoms with Crippen molar-refractivity contribution in [2.24, 2.45) is 5.92 Å². The van der Waals surface area contributed by atoms with Crippen LogP contribution in [0.3, 0.4) is 0 Å². The summed E-state index contributed by atoms with van der Waals surface area (Å²) >= 11 is 0. The van der Waals surface area contributed by atoms with Crippen LogP contribution in [0.15, 0.2) is 78.9 Å². The lowest BCUT2D eigenvalue weighted by molar-refractivity contribution is 0.246. The molecule has 0 bridgehead atoms. The summed E-state index contributed by atoms with van der Waals surface area (Å²) in [5.41, 5.74) is 3.60. The van der Waals surface area contributed by atoms with Gasteiger partial charge in [0.15, 0.2) is 0 Å². The highest BCUT2D eigenvalue weighted by atomic mass is 16.5. The zero-order valence-corrected chi connectivity index (χ0v) is 19.0. The lowest BCUT2D eigenvalue weighted by Gasteiger charge is -2.21. The first-order chi connectivity index (χ1) is 15.8. The molecule has 3 aromatic rings. The molecule has 0 amide bonds. The molecule has 1 N–H and O–H groups in total. The molecular weight excluding hydrogens is 394 g/mol. The van der Waals surface area contributed by atoms with Gasteiger partial charge in [0.25, 0.3) is 0 Å². The highest BCUT2D eigenvalue weighted by Crippen LogP contribution is 2.26. The van der Waals surface area contributed by atoms with Crippen LogP contribution in [0.1, 0.15) is 49.7 Å². The zero-order chi connectivity index (χ0) is 21.8. The minimum absolute atomic E-state index is 0.684. The number of rotatable bonds is 11. The molecule has 0 aromatic heterocycles. The maximum atomic E-state index is 5.97. The molecule has 3 nitrogen and oxygen atoms in total. The minimum Gasteiger partial charge on any atom is -0.494 e. The van der Waals surface area contributed by atoms with Gasteiger partial charge in [0.1, 0.15) is 11.5 Å². The third-order valence-electron chi connectivity index (χ3n) is 6.27. The van der Waals surface area contributed by atoms with E-state index in [0.29, 0.717) is 6.61 Å². The molecule has 0 spiro atoms. The molecule has 0 radical (unpaired) electrons. The Bertz CT molecular complexity index is 917. The van der Waals surface area contributed by atoms with Crippen LogP contribution in [0, 0.1) is 5.92 Å². The fraction of sp³-hybridized carbons (Fsp3) is 0.379. The normalized spacial score (nSPS) is 14.1. The standard InChI is InChI=1S/C29H35NO2/c1-3-8-24(9-4-1)18-20-31-28-16-14-27(15-17-28)30-23-26-12-7-13-29(22-26)32-21-19-25-10-5-2-6-11-25/h2,5-7,10-17,22,24,30H,1,3-4,8-9,18-21,23H2. The summed E-state index contributed by atoms with van der Waals surface area (Å²) in [5.74, 6) is 2.74. The van der Waals surface area contributed by atoms with Crippen molar-refractivity contribution < 1.29 is 9.47 Å². The van der Waals surface area contributed by atoms with E-state index in [9.17, 15) is 0 Å². The Balaban J connectivity index is 1.18. The van der Waals surface area contributed by atoms with Gasteiger partial charge in [-0.15, -0.1) is 0 Å². The molecule has 3 heteroatoms. The average Bonchev–Trinajstić information content (AvgIpc) is 2.85. The number of ether oxygens (including phenoxy) is 2. The third-order valence-corrected chi connectivity index (χ3v) is 6.27. The van der Waals surface area contributed by atoms with Crippen molar-refractivity contribution in [3.8, 4) is 11.5 Å². The number of benzene rings is 3. The Morgan fingerprint density at radius 3 is 2.25 bits per heavy atom. The lowest BCUT2D eigenvalue weighted by atomic mass is 9.87. The summed E-state index contributed by atoms with van der Waals surface area (Å²) < 4.78 is 11.9. The van der Waals surface area contributed by atoms with Crippen molar-refractivity contribution in [3.05, 3.63) is 90.0 Å². The monoisotopic (exact) mass is 429 g/mol. The molecule has 1 saturated carbocycles. The summed E-state index contributed by atoms with van der Waals surface area (Å²) in [7, 11) is 0. The van der Waals surface area contributed by atoms with E-state index in [2.05, 4.69) is 72.0 Å². The molecule has 1 aliphatic rings. The van der Waals surface area contributed by atoms with Crippen molar-refractivity contribution in [2.75, 3.05) is 18.5 Å². The smallest absolute Gasteiger partial charge is 0.119 e. The number of anilines is 1. The molecule has 0 heterocycles. The SMILES string of the molecule is c1ccc(CCOc2cccc(CNc3ccc(OCCC4CCCCC4)cc3)c2)cc1. The van der Waals surface area contributed by atoms with Gasteiger partial charge < -0.3 is 14.8 Å². The number of nitrogens with one attached hydrogen (secondary N) is 1. The topological polar surface area (TPSA) is 30.5 Å². The van der Waals surface area contributed by atoms with E-state index in [0.717, 1.165) is 42.7 Å². The van der Waals surface area contributed by atoms with E-state index in [1.807, 2.05) is 12.1 Å². The van der Waals surface area contributed by atoms with Crippen LogP contribution in [-0.2, 0) is 13.0 Å². The average molecular weight is 430 g/mol. The molecular formula is C29H35NO2. The third kappa shape index (κ3) is 7.33. The Kier molecular flexibility index (Phi) is 8.48. The Labute approximate surface area is 192 Å². The first kappa shape index (κ1) is 22.3. The highest BCUT2D eigenvalue weighted by Gasteiger charge is 2.13. The first-order valence-electron chi connectivity index (χ1n) is 12.1. The molecule has 32 heavy (non-hydrogen) atoms. The van der Waals surface area contributed by atoms with E-state index < -0.39 is 0 Å². The summed E-state index contributed by atoms with van der Waals surface area (Å²) in [6.45, 7) is 2.27. The van der Waals surface area contributed by atoms with E-state index in [1.165, 1.54) is 49.7 Å². The predicted molar refractivity (Wildman–Crippen MR) is 133 cm³/mol. The molecule has 0 unspecified atom stereocenters. The Hall–Kier alpha value is -2.94. The van der Waals surface area contributed by atoms with Crippen LogP contribution in [0.5, 0.6) is 11.5 Å². The zero-order valence-electron chi connectivity index (χ0n) is 19.0. The summed E-state index contributed by atoms with van der Waals surface area (Å²) in [6, 6.07) is 27.1. The molecule has 168 valence electrons. The van der Waals surface area contributed by atoms with Gasteiger partial charge in [0.2, 0.25) is 0 Å². The van der Waals surface area contributed by atoms with Crippen molar-refractivity contribution in [3.63, 3.8) is 0 Å². The Morgan fingerprint density at radius 2 is 1.44 bits per heavy atom. The van der Waals surface area contributed by atoms with Gasteiger partial charge in [-0.1, -0.05) is 74.6 Å². The van der Waals surface area contributed by atoms with Crippen molar-refractivity contribution >= 4 is 5.69 Å². The quantitative estimate of drug-likeness (QED) is 0.348. The summed E-state index contributed by atoms with van der Waals surface area (Å²) in [5, 5.41) is 3.49. The summed E-state index contributed by atoms with van der Waals surface area (Å²) in [6.07, 6.45) is 9.07. The van der Waals surface area contributed by atoms with Crippen molar-refractivity contribution in [1.82, 2.24) is 0 Å². The lowest BCUT2D eigenvalue weighted by Crippen LogP contribution is -2.10. The van der Waals surface area contributed by atoms with Crippen LogP contribution in [-0.4, -0.2) is 13.2 Å². The maximum absolute atomic E-state index is 5.97. The second-order valence-electron chi connectivity index (χ2n) is 8.75. The molecule has 1 aliphatic carbocycles. The van der Waals surface area contributed by atoms with Gasteiger partial charge in [0.05, 0.1) is 13.2 Å². The van der Waals surface area contributed by atoms with Crippen LogP contribution >= 0.6 is 0 Å². The van der Waals surface area contributed by atoms with E-state index in [-0.39, 0.29) is 0 Å². The second kappa shape index (κ2) is 12.2. The first-order valence-corrected chi connectivity index (χ1v) is 12.1. The molecule has 3 aromatic carbocycles. The summed E-state index contributed by atoms with van der Waals surface area (Å²) in [4.78, 5) is 0. The highest BCUT2D eigenvalue weighted by molar-refractivity contribution is 5.47. The molecule has 0 saturated heterocycles. The van der Waals surface area contributed by atoms with Gasteiger partial charge in [-0.2, -0.15) is 0 Å². The fourth-order valence-electron chi connectivity index (χ4n) is 4.37. The largest absolute Gasteiger partial charge is 0.494 e. The Morgan fingerprint density at radius 1 is 0.688 bits per heavy atom. The fourth-order valence-corrected chi connectivity index (χ4v) is 4.37. The molecule has 4 rings (SSSR count). The van der Waals surface area contributed by atoms with E-state index in [4.69, 9.17) is 9.47 Å². The van der Waals surface area contributed by atoms with E-state index >= 15 is 0 Å². The predicted octanol–water partition coefficient (Wildman–Crippen LogP) is 7.27.